The van der Waals surface area contributed by atoms with Gasteiger partial charge in [0.2, 0.25) is 5.91 Å². The zero-order valence-corrected chi connectivity index (χ0v) is 15.6. The fraction of sp³-hybridized carbons (Fsp3) is 0.263. The first-order valence-corrected chi connectivity index (χ1v) is 8.54. The molecule has 0 saturated heterocycles. The highest BCUT2D eigenvalue weighted by Crippen LogP contribution is 2.33. The summed E-state index contributed by atoms with van der Waals surface area (Å²) in [6.45, 7) is 5.53. The molecule has 136 valence electrons. The van der Waals surface area contributed by atoms with E-state index in [1.165, 1.54) is 30.0 Å². The van der Waals surface area contributed by atoms with Gasteiger partial charge in [-0.25, -0.2) is 0 Å². The number of carbonyl (C=O) groups excluding carboxylic acids is 2. The van der Waals surface area contributed by atoms with Crippen LogP contribution in [0.1, 0.15) is 26.3 Å². The third kappa shape index (κ3) is 10.2. The number of carbonyl (C=O) groups is 2. The van der Waals surface area contributed by atoms with Gasteiger partial charge in [0.05, 0.1) is 17.1 Å². The standard InChI is InChI=1S/C14H20N2OS.C5H6O2/c1-10(15)18-12(9-14(2,3)13(16)17)11-7-5-4-6-8-11;6-4-2-1-3-5-7/h4-10H,15H2,1-3H3,(H2,16,17);1-6H/b12-9-;3-1+,4-2-. The summed E-state index contributed by atoms with van der Waals surface area (Å²) in [6, 6.07) is 9.87. The molecule has 0 aliphatic carbocycles. The van der Waals surface area contributed by atoms with E-state index in [2.05, 4.69) is 0 Å². The summed E-state index contributed by atoms with van der Waals surface area (Å²) in [7, 11) is 0. The van der Waals surface area contributed by atoms with E-state index in [9.17, 15) is 9.59 Å². The smallest absolute Gasteiger partial charge is 0.226 e. The Bertz CT molecular complexity index is 621. The molecule has 0 spiro atoms. The van der Waals surface area contributed by atoms with E-state index in [0.29, 0.717) is 6.29 Å². The maximum Gasteiger partial charge on any atom is 0.226 e. The quantitative estimate of drug-likeness (QED) is 0.227. The van der Waals surface area contributed by atoms with Crippen molar-refractivity contribution in [3.8, 4) is 0 Å². The molecule has 0 aliphatic heterocycles. The first-order valence-electron chi connectivity index (χ1n) is 7.66. The monoisotopic (exact) mass is 362 g/mol. The molecule has 1 amide bonds. The second kappa shape index (κ2) is 12.1. The summed E-state index contributed by atoms with van der Waals surface area (Å²) in [6.07, 6.45) is 7.47. The highest BCUT2D eigenvalue weighted by atomic mass is 32.2. The van der Waals surface area contributed by atoms with Crippen LogP contribution < -0.4 is 11.5 Å². The summed E-state index contributed by atoms with van der Waals surface area (Å²) < 4.78 is 0. The largest absolute Gasteiger partial charge is 0.516 e. The van der Waals surface area contributed by atoms with Crippen molar-refractivity contribution in [2.24, 2.45) is 16.9 Å². The van der Waals surface area contributed by atoms with Crippen molar-refractivity contribution in [3.05, 3.63) is 66.5 Å². The average molecular weight is 362 g/mol. The molecule has 0 fully saturated rings. The number of primary amides is 1. The number of aldehydes is 1. The molecule has 1 rings (SSSR count). The maximum atomic E-state index is 11.4. The van der Waals surface area contributed by atoms with Crippen LogP contribution in [0.2, 0.25) is 0 Å². The number of nitrogens with two attached hydrogens (primary N) is 2. The first-order chi connectivity index (χ1) is 11.7. The molecule has 1 unspecified atom stereocenters. The lowest BCUT2D eigenvalue weighted by atomic mass is 9.91. The normalized spacial score (nSPS) is 13.4. The second-order valence-corrected chi connectivity index (χ2v) is 7.07. The van der Waals surface area contributed by atoms with Gasteiger partial charge in [-0.1, -0.05) is 42.5 Å². The Morgan fingerprint density at radius 2 is 1.80 bits per heavy atom. The molecule has 1 atom stereocenters. The number of hydrogen-bond donors (Lipinski definition) is 3. The molecule has 1 aromatic carbocycles. The third-order valence-corrected chi connectivity index (χ3v) is 3.86. The highest BCUT2D eigenvalue weighted by molar-refractivity contribution is 8.08. The third-order valence-electron chi connectivity index (χ3n) is 2.89. The molecule has 0 saturated carbocycles. The van der Waals surface area contributed by atoms with Gasteiger partial charge >= 0.3 is 0 Å². The van der Waals surface area contributed by atoms with Gasteiger partial charge in [-0.05, 0) is 38.5 Å². The summed E-state index contributed by atoms with van der Waals surface area (Å²) >= 11 is 1.53. The van der Waals surface area contributed by atoms with Gasteiger partial charge in [-0.15, -0.1) is 11.8 Å². The molecular formula is C19H26N2O3S. The van der Waals surface area contributed by atoms with Gasteiger partial charge in [0.1, 0.15) is 6.29 Å². The minimum Gasteiger partial charge on any atom is -0.516 e. The maximum absolute atomic E-state index is 11.4. The molecule has 25 heavy (non-hydrogen) atoms. The predicted octanol–water partition coefficient (Wildman–Crippen LogP) is 3.39. The molecule has 0 aromatic heterocycles. The van der Waals surface area contributed by atoms with Gasteiger partial charge in [-0.3, -0.25) is 9.59 Å². The zero-order chi connectivity index (χ0) is 19.3. The van der Waals surface area contributed by atoms with Crippen molar-refractivity contribution in [1.29, 1.82) is 0 Å². The Hall–Kier alpha value is -2.31. The van der Waals surface area contributed by atoms with Crippen LogP contribution in [0.3, 0.4) is 0 Å². The minimum absolute atomic E-state index is 0.0415. The Labute approximate surface area is 153 Å². The van der Waals surface area contributed by atoms with Crippen LogP contribution in [0.4, 0.5) is 0 Å². The number of thioether (sulfide) groups is 1. The molecule has 0 radical (unpaired) electrons. The van der Waals surface area contributed by atoms with E-state index in [0.717, 1.165) is 16.7 Å². The van der Waals surface area contributed by atoms with Crippen LogP contribution in [-0.2, 0) is 9.59 Å². The van der Waals surface area contributed by atoms with Gasteiger partial charge in [-0.2, -0.15) is 0 Å². The fourth-order valence-electron chi connectivity index (χ4n) is 1.55. The highest BCUT2D eigenvalue weighted by Gasteiger charge is 2.23. The Morgan fingerprint density at radius 1 is 1.20 bits per heavy atom. The summed E-state index contributed by atoms with van der Waals surface area (Å²) in [5.74, 6) is -0.346. The number of rotatable bonds is 7. The Morgan fingerprint density at radius 3 is 2.24 bits per heavy atom. The van der Waals surface area contributed by atoms with E-state index in [1.807, 2.05) is 43.3 Å². The van der Waals surface area contributed by atoms with Crippen LogP contribution in [0, 0.1) is 5.41 Å². The lowest BCUT2D eigenvalue weighted by molar-refractivity contribution is -0.123. The molecule has 0 bridgehead atoms. The van der Waals surface area contributed by atoms with Crippen LogP contribution in [0.25, 0.3) is 4.91 Å². The van der Waals surface area contributed by atoms with Crippen LogP contribution in [0.15, 0.2) is 60.9 Å². The minimum atomic E-state index is -0.687. The van der Waals surface area contributed by atoms with Crippen molar-refractivity contribution in [2.75, 3.05) is 0 Å². The van der Waals surface area contributed by atoms with E-state index >= 15 is 0 Å². The Kier molecular flexibility index (Phi) is 11.0. The van der Waals surface area contributed by atoms with Crippen LogP contribution in [-0.4, -0.2) is 22.7 Å². The lowest BCUT2D eigenvalue weighted by Gasteiger charge is -2.19. The Balaban J connectivity index is 0.000000697. The summed E-state index contributed by atoms with van der Waals surface area (Å²) in [5, 5.41) is 7.90. The zero-order valence-electron chi connectivity index (χ0n) is 14.8. The summed E-state index contributed by atoms with van der Waals surface area (Å²) in [4.78, 5) is 21.9. The molecular weight excluding hydrogens is 336 g/mol. The number of allylic oxidation sites excluding steroid dienone is 3. The van der Waals surface area contributed by atoms with Gasteiger partial charge < -0.3 is 16.6 Å². The van der Waals surface area contributed by atoms with Crippen molar-refractivity contribution in [1.82, 2.24) is 0 Å². The van der Waals surface area contributed by atoms with E-state index in [-0.39, 0.29) is 11.3 Å². The second-order valence-electron chi connectivity index (χ2n) is 5.65. The molecule has 0 aliphatic rings. The van der Waals surface area contributed by atoms with Crippen LogP contribution in [0.5, 0.6) is 0 Å². The van der Waals surface area contributed by atoms with Gasteiger partial charge in [0.25, 0.3) is 0 Å². The topological polar surface area (TPSA) is 106 Å². The van der Waals surface area contributed by atoms with Crippen molar-refractivity contribution in [2.45, 2.75) is 26.1 Å². The van der Waals surface area contributed by atoms with E-state index in [4.69, 9.17) is 16.6 Å². The molecule has 1 aromatic rings. The fourth-order valence-corrected chi connectivity index (χ4v) is 2.58. The number of benzene rings is 1. The molecule has 5 nitrogen and oxygen atoms in total. The number of aliphatic hydroxyl groups is 1. The lowest BCUT2D eigenvalue weighted by Crippen LogP contribution is -2.29. The first kappa shape index (κ1) is 22.7. The predicted molar refractivity (Wildman–Crippen MR) is 106 cm³/mol. The van der Waals surface area contributed by atoms with Crippen LogP contribution >= 0.6 is 11.8 Å². The van der Waals surface area contributed by atoms with E-state index < -0.39 is 5.41 Å². The van der Waals surface area contributed by atoms with Gasteiger partial charge in [0, 0.05) is 4.91 Å². The molecule has 5 N–H and O–H groups in total. The van der Waals surface area contributed by atoms with Crippen molar-refractivity contribution in [3.63, 3.8) is 0 Å². The van der Waals surface area contributed by atoms with Crippen molar-refractivity contribution < 1.29 is 14.7 Å². The summed E-state index contributed by atoms with van der Waals surface area (Å²) in [5.41, 5.74) is 11.6. The van der Waals surface area contributed by atoms with E-state index in [1.54, 1.807) is 13.8 Å². The van der Waals surface area contributed by atoms with Crippen molar-refractivity contribution >= 4 is 28.9 Å². The van der Waals surface area contributed by atoms with Gasteiger partial charge in [0.15, 0.2) is 0 Å². The average Bonchev–Trinajstić information content (AvgIpc) is 2.55. The number of hydrogen-bond acceptors (Lipinski definition) is 5. The SMILES string of the molecule is CC(N)S/C(=C\C(C)(C)C(N)=O)c1ccccc1.O=C/C=C/C=C\O. The molecule has 6 heteroatoms. The number of aliphatic hydroxyl groups excluding tert-OH is 1. The molecule has 0 heterocycles. The number of amides is 1.